The van der Waals surface area contributed by atoms with Crippen molar-refractivity contribution in [2.45, 2.75) is 44.7 Å². The van der Waals surface area contributed by atoms with Crippen LogP contribution in [0, 0.1) is 6.92 Å². The van der Waals surface area contributed by atoms with Gasteiger partial charge in [0.2, 0.25) is 6.41 Å². The summed E-state index contributed by atoms with van der Waals surface area (Å²) in [5.41, 5.74) is 15.1. The van der Waals surface area contributed by atoms with Gasteiger partial charge >= 0.3 is 5.97 Å². The third kappa shape index (κ3) is 12.9. The zero-order chi connectivity index (χ0) is 33.2. The van der Waals surface area contributed by atoms with Gasteiger partial charge in [0, 0.05) is 24.2 Å². The normalized spacial score (nSPS) is 12.5. The van der Waals surface area contributed by atoms with E-state index < -0.39 is 5.97 Å². The molecule has 240 valence electrons. The molecule has 0 aliphatic heterocycles. The number of anilines is 2. The van der Waals surface area contributed by atoms with Gasteiger partial charge in [0.1, 0.15) is 29.4 Å². The van der Waals surface area contributed by atoms with Crippen molar-refractivity contribution in [3.05, 3.63) is 78.0 Å². The first-order valence-corrected chi connectivity index (χ1v) is 14.5. The lowest BCUT2D eigenvalue weighted by molar-refractivity contribution is -0.109. The number of carbonyl (C=O) groups is 3. The lowest BCUT2D eigenvalue weighted by Crippen LogP contribution is -2.30. The van der Waals surface area contributed by atoms with Gasteiger partial charge in [-0.25, -0.2) is 25.6 Å². The molecule has 15 nitrogen and oxygen atoms in total. The summed E-state index contributed by atoms with van der Waals surface area (Å²) in [4.78, 5) is 43.2. The van der Waals surface area contributed by atoms with Crippen LogP contribution in [-0.4, -0.2) is 67.5 Å². The van der Waals surface area contributed by atoms with E-state index in [1.165, 1.54) is 39.2 Å². The topological polar surface area (TPSA) is 232 Å². The molecule has 0 bridgehead atoms. The van der Waals surface area contributed by atoms with Crippen LogP contribution in [0.15, 0.2) is 60.9 Å². The predicted octanol–water partition coefficient (Wildman–Crippen LogP) is 2.45. The van der Waals surface area contributed by atoms with Crippen molar-refractivity contribution in [2.24, 2.45) is 5.84 Å². The van der Waals surface area contributed by atoms with Gasteiger partial charge in [-0.15, -0.1) is 21.8 Å². The highest BCUT2D eigenvalue weighted by molar-refractivity contribution is 6.15. The summed E-state index contributed by atoms with van der Waals surface area (Å²) in [7, 11) is 1.30. The highest BCUT2D eigenvalue weighted by Crippen LogP contribution is 2.37. The predicted molar refractivity (Wildman–Crippen MR) is 171 cm³/mol. The van der Waals surface area contributed by atoms with E-state index >= 15 is 0 Å². The number of ether oxygens (including phenoxy) is 1. The molecule has 2 saturated carbocycles. The molecule has 0 radical (unpaired) electrons. The number of alkyl halides is 1. The van der Waals surface area contributed by atoms with E-state index in [-0.39, 0.29) is 11.6 Å². The van der Waals surface area contributed by atoms with Crippen molar-refractivity contribution < 1.29 is 19.1 Å². The maximum atomic E-state index is 10.9. The van der Waals surface area contributed by atoms with Gasteiger partial charge in [0.15, 0.2) is 11.5 Å². The van der Waals surface area contributed by atoms with Crippen LogP contribution in [0.1, 0.15) is 58.4 Å². The van der Waals surface area contributed by atoms with Crippen molar-refractivity contribution >= 4 is 41.5 Å². The van der Waals surface area contributed by atoms with E-state index in [1.807, 2.05) is 30.5 Å². The van der Waals surface area contributed by atoms with E-state index in [0.717, 1.165) is 23.6 Å². The summed E-state index contributed by atoms with van der Waals surface area (Å²) in [6.07, 6.45) is 8.76. The number of halogens is 1. The fourth-order valence-electron chi connectivity index (χ4n) is 3.38. The molecule has 2 fully saturated rings. The molecule has 2 aliphatic rings. The molecule has 2 aliphatic carbocycles. The van der Waals surface area contributed by atoms with Gasteiger partial charge in [-0.2, -0.15) is 0 Å². The number of nitrogens with one attached hydrogen (secondary N) is 2. The van der Waals surface area contributed by atoms with E-state index in [0.29, 0.717) is 29.4 Å². The second-order valence-electron chi connectivity index (χ2n) is 9.38. The van der Waals surface area contributed by atoms with Crippen molar-refractivity contribution in [1.29, 1.82) is 0 Å². The third-order valence-electron chi connectivity index (χ3n) is 5.81. The first-order chi connectivity index (χ1) is 21.7. The van der Waals surface area contributed by atoms with Crippen LogP contribution in [0.4, 0.5) is 11.6 Å². The van der Waals surface area contributed by atoms with Crippen molar-refractivity contribution in [2.75, 3.05) is 25.0 Å². The summed E-state index contributed by atoms with van der Waals surface area (Å²) < 4.78 is 6.51. The number of nitrogens with two attached hydrogens (primary N) is 3. The number of hydrogen-bond donors (Lipinski definition) is 5. The number of amides is 2. The molecule has 8 N–H and O–H groups in total. The molecule has 45 heavy (non-hydrogen) atoms. The Labute approximate surface area is 265 Å². The van der Waals surface area contributed by atoms with Crippen molar-refractivity contribution in [3.63, 3.8) is 0 Å². The van der Waals surface area contributed by atoms with E-state index in [9.17, 15) is 14.4 Å². The number of hydrazine groups is 1. The zero-order valence-corrected chi connectivity index (χ0v) is 26.0. The van der Waals surface area contributed by atoms with Gasteiger partial charge in [0.25, 0.3) is 5.91 Å². The molecule has 0 atom stereocenters. The fraction of sp³-hybridized carbons (Fsp3) is 0.310. The lowest BCUT2D eigenvalue weighted by atomic mass is 10.3. The maximum absolute atomic E-state index is 10.9. The van der Waals surface area contributed by atoms with Gasteiger partial charge in [-0.3, -0.25) is 15.0 Å². The Morgan fingerprint density at radius 2 is 1.56 bits per heavy atom. The minimum atomic E-state index is -0.475. The Morgan fingerprint density at radius 3 is 2.07 bits per heavy atom. The number of carbonyl (C=O) groups excluding carboxylic acids is 3. The Hall–Kier alpha value is -5.15. The van der Waals surface area contributed by atoms with Gasteiger partial charge in [0.05, 0.1) is 7.11 Å². The first-order valence-electron chi connectivity index (χ1n) is 13.7. The summed E-state index contributed by atoms with van der Waals surface area (Å²) in [6.45, 7) is 1.81. The van der Waals surface area contributed by atoms with E-state index in [4.69, 9.17) is 17.3 Å². The van der Waals surface area contributed by atoms with Crippen LogP contribution in [0.25, 0.3) is 11.5 Å². The molecule has 4 aromatic rings. The number of aryl methyl sites for hydroxylation is 1. The van der Waals surface area contributed by atoms with Crippen molar-refractivity contribution in [3.8, 4) is 11.5 Å². The van der Waals surface area contributed by atoms with Crippen molar-refractivity contribution in [1.82, 2.24) is 40.5 Å². The molecule has 0 aromatic carbocycles. The van der Waals surface area contributed by atoms with E-state index in [2.05, 4.69) is 51.4 Å². The quantitative estimate of drug-likeness (QED) is 0.0511. The highest BCUT2D eigenvalue weighted by Gasteiger charge is 2.26. The first kappa shape index (κ1) is 36.0. The Morgan fingerprint density at radius 1 is 0.933 bits per heavy atom. The molecule has 6 rings (SSSR count). The molecule has 4 heterocycles. The molecule has 0 unspecified atom stereocenters. The molecular formula is C29H38ClN11O4. The van der Waals surface area contributed by atoms with Gasteiger partial charge in [-0.05, 0) is 69.0 Å². The zero-order valence-electron chi connectivity index (χ0n) is 25.3. The highest BCUT2D eigenvalue weighted by atomic mass is 35.5. The van der Waals surface area contributed by atoms with Crippen LogP contribution in [0.2, 0.25) is 0 Å². The number of hydrogen-bond acceptors (Lipinski definition) is 12. The molecule has 2 amide bonds. The van der Waals surface area contributed by atoms with Gasteiger partial charge < -0.3 is 26.1 Å². The number of nitrogens with zero attached hydrogens (tertiary/aromatic N) is 6. The average Bonchev–Trinajstić information content (AvgIpc) is 4.01. The summed E-state index contributed by atoms with van der Waals surface area (Å²) in [5.74, 6) is 5.71. The minimum Gasteiger partial charge on any atom is -0.464 e. The molecule has 0 spiro atoms. The van der Waals surface area contributed by atoms with Crippen LogP contribution < -0.4 is 28.1 Å². The number of rotatable bonds is 6. The number of methoxy groups -OCH3 is 1. The largest absolute Gasteiger partial charge is 0.464 e. The third-order valence-corrected chi connectivity index (χ3v) is 5.81. The standard InChI is InChI=1S/C10H11N5.C7H9N3O.C7H8N2O2.C4H7NO.CH3Cl/c11-9-3-1-2-8(13-9)10-14-12-6-15(10)7-4-5-7;1-5-3-2-4-6(9-5)7(11)10-8;1-11-7(10)5-3-2-4-6(8)9-5;6-3-5-4-1-2-4;1-2/h1-3,6-7H,4-5H2,(H2,11,13);2-4H,8H2,1H3,(H,10,11);2-4H,1H3,(H2,8,9);3-4H,1-2H2,(H,5,6);1H3. The summed E-state index contributed by atoms with van der Waals surface area (Å²) >= 11 is 4.64. The lowest BCUT2D eigenvalue weighted by Gasteiger charge is -2.03. The Kier molecular flexibility index (Phi) is 15.4. The molecule has 16 heteroatoms. The van der Waals surface area contributed by atoms with Crippen LogP contribution in [0.3, 0.4) is 0 Å². The van der Waals surface area contributed by atoms with Gasteiger partial charge in [-0.1, -0.05) is 18.2 Å². The number of esters is 1. The molecule has 0 saturated heterocycles. The monoisotopic (exact) mass is 639 g/mol. The fourth-order valence-corrected chi connectivity index (χ4v) is 3.38. The Balaban J connectivity index is 0.000000213. The smallest absolute Gasteiger partial charge is 0.356 e. The van der Waals surface area contributed by atoms with E-state index in [1.54, 1.807) is 42.7 Å². The maximum Gasteiger partial charge on any atom is 0.356 e. The average molecular weight is 640 g/mol. The molecule has 4 aromatic heterocycles. The number of nitrogen functional groups attached to an aromatic ring is 3. The van der Waals surface area contributed by atoms with Crippen LogP contribution in [-0.2, 0) is 9.53 Å². The minimum absolute atomic E-state index is 0.229. The number of pyridine rings is 3. The second-order valence-corrected chi connectivity index (χ2v) is 9.38. The SMILES string of the molecule is CCl.COC(=O)c1cccc(N)n1.Cc1cccc(C(=O)NN)n1.Nc1cccc(-c2nncn2C2CC2)n1.O=CNC1CC1. The second kappa shape index (κ2) is 19.2. The molecular weight excluding hydrogens is 602 g/mol. The van der Waals surface area contributed by atoms with Crippen LogP contribution >= 0.6 is 11.6 Å². The summed E-state index contributed by atoms with van der Waals surface area (Å²) in [6, 6.07) is 16.6. The summed E-state index contributed by atoms with van der Waals surface area (Å²) in [5, 5.41) is 10.6. The van der Waals surface area contributed by atoms with Crippen LogP contribution in [0.5, 0.6) is 0 Å². The Bertz CT molecular complexity index is 1450. The number of aromatic nitrogens is 6.